The molecule has 0 radical (unpaired) electrons. The lowest BCUT2D eigenvalue weighted by Crippen LogP contribution is -2.48. The van der Waals surface area contributed by atoms with Gasteiger partial charge in [-0.15, -0.1) is 0 Å². The Kier molecular flexibility index (Phi) is 7.64. The lowest BCUT2D eigenvalue weighted by Gasteiger charge is -2.30. The van der Waals surface area contributed by atoms with E-state index in [9.17, 15) is 9.59 Å². The van der Waals surface area contributed by atoms with Crippen LogP contribution in [0.1, 0.15) is 29.3 Å². The zero-order valence-electron chi connectivity index (χ0n) is 18.6. The number of methoxy groups -OCH3 is 3. The number of carbonyl (C=O) groups is 2. The number of nitrogens with one attached hydrogen (secondary N) is 1. The lowest BCUT2D eigenvalue weighted by atomic mass is 9.97. The first-order valence-corrected chi connectivity index (χ1v) is 10.6. The Morgan fingerprint density at radius 2 is 1.72 bits per heavy atom. The predicted octanol–water partition coefficient (Wildman–Crippen LogP) is 3.80. The molecule has 1 aliphatic rings. The molecular weight excluding hydrogens is 432 g/mol. The summed E-state index contributed by atoms with van der Waals surface area (Å²) < 4.78 is 16.4. The quantitative estimate of drug-likeness (QED) is 0.682. The molecule has 32 heavy (non-hydrogen) atoms. The van der Waals surface area contributed by atoms with Gasteiger partial charge in [-0.05, 0) is 31.1 Å². The van der Waals surface area contributed by atoms with Gasteiger partial charge in [-0.1, -0.05) is 29.8 Å². The summed E-state index contributed by atoms with van der Waals surface area (Å²) in [5.74, 6) is 1.39. The van der Waals surface area contributed by atoms with Gasteiger partial charge >= 0.3 is 0 Å². The molecule has 0 saturated carbocycles. The molecule has 1 atom stereocenters. The fourth-order valence-corrected chi connectivity index (χ4v) is 3.90. The van der Waals surface area contributed by atoms with E-state index >= 15 is 0 Å². The molecule has 0 spiro atoms. The molecular formula is C24H27ClN2O5. The normalized spacial score (nSPS) is 14.3. The number of halogens is 1. The number of ether oxygens (including phenoxy) is 3. The fourth-order valence-electron chi connectivity index (χ4n) is 3.67. The second kappa shape index (κ2) is 10.4. The van der Waals surface area contributed by atoms with Crippen molar-refractivity contribution in [2.24, 2.45) is 0 Å². The summed E-state index contributed by atoms with van der Waals surface area (Å²) in [4.78, 5) is 27.1. The maximum atomic E-state index is 12.9. The Labute approximate surface area is 192 Å². The van der Waals surface area contributed by atoms with Crippen molar-refractivity contribution in [3.63, 3.8) is 0 Å². The molecule has 0 aliphatic carbocycles. The van der Waals surface area contributed by atoms with Crippen LogP contribution in [-0.4, -0.2) is 57.2 Å². The summed E-state index contributed by atoms with van der Waals surface area (Å²) in [6.45, 7) is 2.60. The molecule has 0 unspecified atom stereocenters. The van der Waals surface area contributed by atoms with Crippen molar-refractivity contribution < 1.29 is 23.8 Å². The highest BCUT2D eigenvalue weighted by Gasteiger charge is 2.26. The molecule has 7 nitrogen and oxygen atoms in total. The number of amides is 2. The van der Waals surface area contributed by atoms with Crippen molar-refractivity contribution in [3.8, 4) is 17.2 Å². The molecule has 1 N–H and O–H groups in total. The molecule has 170 valence electrons. The molecule has 0 aromatic heterocycles. The second-order valence-electron chi connectivity index (χ2n) is 7.35. The van der Waals surface area contributed by atoms with Crippen molar-refractivity contribution in [3.05, 3.63) is 58.6 Å². The SMILES string of the molecule is COc1cc(OC)c(C2=CCN(C(=O)[C@H](C)NC(=O)c3ccccc3Cl)CC2)c(OC)c1. The van der Waals surface area contributed by atoms with E-state index in [1.807, 2.05) is 18.2 Å². The predicted molar refractivity (Wildman–Crippen MR) is 124 cm³/mol. The standard InChI is InChI=1S/C24H27ClN2O5/c1-15(26-23(28)18-7-5-6-8-19(18)25)24(29)27-11-9-16(10-12-27)22-20(31-3)13-17(30-2)14-21(22)32-4/h5-9,13-15H,10-12H2,1-4H3,(H,26,28)/t15-/m0/s1. The van der Waals surface area contributed by atoms with Crippen LogP contribution < -0.4 is 19.5 Å². The highest BCUT2D eigenvalue weighted by molar-refractivity contribution is 6.33. The van der Waals surface area contributed by atoms with E-state index in [-0.39, 0.29) is 11.8 Å². The fraction of sp³-hybridized carbons (Fsp3) is 0.333. The Morgan fingerprint density at radius 1 is 1.06 bits per heavy atom. The van der Waals surface area contributed by atoms with Crippen LogP contribution in [0.2, 0.25) is 5.02 Å². The van der Waals surface area contributed by atoms with Gasteiger partial charge in [0.05, 0.1) is 37.5 Å². The molecule has 0 bridgehead atoms. The second-order valence-corrected chi connectivity index (χ2v) is 7.75. The number of carbonyl (C=O) groups excluding carboxylic acids is 2. The molecule has 1 aliphatic heterocycles. The van der Waals surface area contributed by atoms with Crippen LogP contribution in [0.3, 0.4) is 0 Å². The Bertz CT molecular complexity index is 1010. The third kappa shape index (κ3) is 4.99. The average molecular weight is 459 g/mol. The largest absolute Gasteiger partial charge is 0.496 e. The van der Waals surface area contributed by atoms with E-state index < -0.39 is 6.04 Å². The van der Waals surface area contributed by atoms with Crippen LogP contribution in [-0.2, 0) is 4.79 Å². The van der Waals surface area contributed by atoms with Crippen LogP contribution in [0.4, 0.5) is 0 Å². The minimum atomic E-state index is -0.682. The van der Waals surface area contributed by atoms with E-state index in [0.717, 1.165) is 11.1 Å². The summed E-state index contributed by atoms with van der Waals surface area (Å²) in [5.41, 5.74) is 2.22. The van der Waals surface area contributed by atoms with Crippen LogP contribution in [0.5, 0.6) is 17.2 Å². The first kappa shape index (κ1) is 23.5. The summed E-state index contributed by atoms with van der Waals surface area (Å²) >= 11 is 6.08. The van der Waals surface area contributed by atoms with Gasteiger partial charge < -0.3 is 24.4 Å². The molecule has 2 amide bonds. The van der Waals surface area contributed by atoms with E-state index in [4.69, 9.17) is 25.8 Å². The highest BCUT2D eigenvalue weighted by Crippen LogP contribution is 2.40. The topological polar surface area (TPSA) is 77.1 Å². The van der Waals surface area contributed by atoms with Crippen LogP contribution in [0, 0.1) is 0 Å². The number of rotatable bonds is 7. The maximum Gasteiger partial charge on any atom is 0.253 e. The van der Waals surface area contributed by atoms with Gasteiger partial charge in [0.2, 0.25) is 5.91 Å². The Balaban J connectivity index is 1.72. The lowest BCUT2D eigenvalue weighted by molar-refractivity contribution is -0.132. The summed E-state index contributed by atoms with van der Waals surface area (Å²) in [5, 5.41) is 3.08. The van der Waals surface area contributed by atoms with Gasteiger partial charge in [-0.3, -0.25) is 9.59 Å². The van der Waals surface area contributed by atoms with Gasteiger partial charge in [0, 0.05) is 25.2 Å². The van der Waals surface area contributed by atoms with E-state index in [1.54, 1.807) is 57.4 Å². The third-order valence-electron chi connectivity index (χ3n) is 5.39. The average Bonchev–Trinajstić information content (AvgIpc) is 2.82. The van der Waals surface area contributed by atoms with E-state index in [2.05, 4.69) is 5.32 Å². The van der Waals surface area contributed by atoms with Gasteiger partial charge in [-0.25, -0.2) is 0 Å². The smallest absolute Gasteiger partial charge is 0.253 e. The number of benzene rings is 2. The molecule has 1 heterocycles. The maximum absolute atomic E-state index is 12.9. The van der Waals surface area contributed by atoms with Gasteiger partial charge in [0.25, 0.3) is 5.91 Å². The van der Waals surface area contributed by atoms with Gasteiger partial charge in [0.1, 0.15) is 23.3 Å². The van der Waals surface area contributed by atoms with Gasteiger partial charge in [0.15, 0.2) is 0 Å². The van der Waals surface area contributed by atoms with Gasteiger partial charge in [-0.2, -0.15) is 0 Å². The zero-order valence-corrected chi connectivity index (χ0v) is 19.4. The van der Waals surface area contributed by atoms with Crippen molar-refractivity contribution in [2.75, 3.05) is 34.4 Å². The Morgan fingerprint density at radius 3 is 2.25 bits per heavy atom. The Hall–Kier alpha value is -3.19. The third-order valence-corrected chi connectivity index (χ3v) is 5.72. The van der Waals surface area contributed by atoms with Crippen molar-refractivity contribution in [2.45, 2.75) is 19.4 Å². The molecule has 0 fully saturated rings. The first-order chi connectivity index (χ1) is 15.4. The highest BCUT2D eigenvalue weighted by atomic mass is 35.5. The summed E-state index contributed by atoms with van der Waals surface area (Å²) in [6, 6.07) is 9.68. The summed E-state index contributed by atoms with van der Waals surface area (Å²) in [6.07, 6.45) is 2.60. The first-order valence-electron chi connectivity index (χ1n) is 10.2. The minimum absolute atomic E-state index is 0.158. The van der Waals surface area contributed by atoms with Crippen molar-refractivity contribution >= 4 is 29.0 Å². The zero-order chi connectivity index (χ0) is 23.3. The number of hydrogen-bond acceptors (Lipinski definition) is 5. The molecule has 0 saturated heterocycles. The van der Waals surface area contributed by atoms with Crippen molar-refractivity contribution in [1.82, 2.24) is 10.2 Å². The molecule has 3 rings (SSSR count). The minimum Gasteiger partial charge on any atom is -0.496 e. The van der Waals surface area contributed by atoms with Crippen LogP contribution in [0.15, 0.2) is 42.5 Å². The van der Waals surface area contributed by atoms with Crippen molar-refractivity contribution in [1.29, 1.82) is 0 Å². The molecule has 2 aromatic carbocycles. The number of nitrogens with zero attached hydrogens (tertiary/aromatic N) is 1. The van der Waals surface area contributed by atoms with E-state index in [1.165, 1.54) is 0 Å². The van der Waals surface area contributed by atoms with E-state index in [0.29, 0.717) is 47.3 Å². The molecule has 8 heteroatoms. The van der Waals surface area contributed by atoms with Crippen LogP contribution >= 0.6 is 11.6 Å². The van der Waals surface area contributed by atoms with Crippen LogP contribution in [0.25, 0.3) is 5.57 Å². The monoisotopic (exact) mass is 458 g/mol. The number of hydrogen-bond donors (Lipinski definition) is 1. The molecule has 2 aromatic rings. The summed E-state index contributed by atoms with van der Waals surface area (Å²) in [7, 11) is 4.78.